The van der Waals surface area contributed by atoms with Crippen molar-refractivity contribution in [1.82, 2.24) is 10.2 Å². The maximum Gasteiger partial charge on any atom is 0.231 e. The molecular weight excluding hydrogens is 278 g/mol. The Morgan fingerprint density at radius 3 is 3.05 bits per heavy atom. The highest BCUT2D eigenvalue weighted by Gasteiger charge is 2.24. The van der Waals surface area contributed by atoms with E-state index in [0.29, 0.717) is 6.42 Å². The van der Waals surface area contributed by atoms with Gasteiger partial charge in [0.25, 0.3) is 0 Å². The molecule has 0 atom stereocenters. The van der Waals surface area contributed by atoms with Crippen LogP contribution in [0.5, 0.6) is 5.75 Å². The van der Waals surface area contributed by atoms with Crippen LogP contribution in [0.15, 0.2) is 30.5 Å². The van der Waals surface area contributed by atoms with Gasteiger partial charge in [-0.15, -0.1) is 0 Å². The van der Waals surface area contributed by atoms with Gasteiger partial charge < -0.3 is 9.64 Å². The van der Waals surface area contributed by atoms with Gasteiger partial charge in [0.2, 0.25) is 5.91 Å². The fourth-order valence-corrected chi connectivity index (χ4v) is 2.79. The van der Waals surface area contributed by atoms with Crippen molar-refractivity contribution in [2.75, 3.05) is 11.4 Å². The fraction of sp³-hybridized carbons (Fsp3) is 0.412. The smallest absolute Gasteiger partial charge is 0.231 e. The first-order chi connectivity index (χ1) is 10.6. The van der Waals surface area contributed by atoms with Gasteiger partial charge in [-0.2, -0.15) is 5.10 Å². The average Bonchev–Trinajstić information content (AvgIpc) is 2.97. The second-order valence-corrected chi connectivity index (χ2v) is 5.83. The number of aromatic amines is 1. The number of aryl methyl sites for hydroxylation is 1. The number of rotatable bonds is 4. The van der Waals surface area contributed by atoms with Crippen LogP contribution in [-0.4, -0.2) is 28.8 Å². The number of benzene rings is 1. The highest BCUT2D eigenvalue weighted by molar-refractivity contribution is 5.95. The van der Waals surface area contributed by atoms with E-state index in [0.717, 1.165) is 42.1 Å². The van der Waals surface area contributed by atoms with E-state index in [9.17, 15) is 4.79 Å². The summed E-state index contributed by atoms with van der Waals surface area (Å²) in [5, 5.41) is 7.03. The van der Waals surface area contributed by atoms with Crippen LogP contribution in [0.4, 0.5) is 5.69 Å². The largest absolute Gasteiger partial charge is 0.491 e. The normalized spacial score (nSPS) is 14.0. The number of aromatic nitrogens is 2. The van der Waals surface area contributed by atoms with Crippen LogP contribution in [0.3, 0.4) is 0 Å². The van der Waals surface area contributed by atoms with Gasteiger partial charge in [0.05, 0.1) is 30.1 Å². The average molecular weight is 299 g/mol. The van der Waals surface area contributed by atoms with Gasteiger partial charge >= 0.3 is 0 Å². The maximum absolute atomic E-state index is 12.7. The minimum atomic E-state index is 0.0853. The summed E-state index contributed by atoms with van der Waals surface area (Å²) in [6.07, 6.45) is 4.08. The Bertz CT molecular complexity index is 663. The molecule has 0 unspecified atom stereocenters. The molecule has 1 aromatic heterocycles. The summed E-state index contributed by atoms with van der Waals surface area (Å²) >= 11 is 0. The third-order valence-electron chi connectivity index (χ3n) is 3.77. The second-order valence-electron chi connectivity index (χ2n) is 5.83. The third-order valence-corrected chi connectivity index (χ3v) is 3.77. The Morgan fingerprint density at radius 1 is 1.41 bits per heavy atom. The zero-order valence-corrected chi connectivity index (χ0v) is 13.0. The molecule has 3 rings (SSSR count). The Labute approximate surface area is 130 Å². The van der Waals surface area contributed by atoms with E-state index >= 15 is 0 Å². The highest BCUT2D eigenvalue weighted by atomic mass is 16.5. The molecule has 1 N–H and O–H groups in total. The fourth-order valence-electron chi connectivity index (χ4n) is 2.79. The minimum Gasteiger partial charge on any atom is -0.491 e. The number of anilines is 1. The number of hydrogen-bond acceptors (Lipinski definition) is 3. The van der Waals surface area contributed by atoms with E-state index in [1.54, 1.807) is 6.20 Å². The predicted octanol–water partition coefficient (Wildman–Crippen LogP) is 2.72. The summed E-state index contributed by atoms with van der Waals surface area (Å²) < 4.78 is 5.80. The Balaban J connectivity index is 1.79. The second kappa shape index (κ2) is 6.22. The highest BCUT2D eigenvalue weighted by Crippen LogP contribution is 2.27. The molecule has 0 bridgehead atoms. The molecule has 22 heavy (non-hydrogen) atoms. The summed E-state index contributed by atoms with van der Waals surface area (Å²) in [5.74, 6) is 0.873. The molecule has 0 saturated heterocycles. The lowest BCUT2D eigenvalue weighted by molar-refractivity contribution is -0.118. The topological polar surface area (TPSA) is 58.2 Å². The van der Waals surface area contributed by atoms with E-state index < -0.39 is 0 Å². The van der Waals surface area contributed by atoms with Crippen LogP contribution >= 0.6 is 0 Å². The van der Waals surface area contributed by atoms with Crippen LogP contribution in [0.1, 0.15) is 31.5 Å². The van der Waals surface area contributed by atoms with Gasteiger partial charge in [0.1, 0.15) is 5.75 Å². The van der Waals surface area contributed by atoms with Crippen molar-refractivity contribution >= 4 is 11.6 Å². The van der Waals surface area contributed by atoms with E-state index in [2.05, 4.69) is 10.2 Å². The first-order valence-electron chi connectivity index (χ1n) is 7.72. The number of para-hydroxylation sites is 1. The third kappa shape index (κ3) is 2.98. The minimum absolute atomic E-state index is 0.0853. The SMILES string of the molecule is CC(C)Oc1ccccc1CC(=O)N1CCCc2[nH]ncc21. The first kappa shape index (κ1) is 14.6. The number of ether oxygens (including phenoxy) is 1. The molecule has 1 amide bonds. The lowest BCUT2D eigenvalue weighted by Crippen LogP contribution is -2.36. The zero-order valence-electron chi connectivity index (χ0n) is 13.0. The van der Waals surface area contributed by atoms with Crippen molar-refractivity contribution in [2.45, 2.75) is 39.2 Å². The van der Waals surface area contributed by atoms with Crippen LogP contribution in [0.25, 0.3) is 0 Å². The summed E-state index contributed by atoms with van der Waals surface area (Å²) in [7, 11) is 0. The van der Waals surface area contributed by atoms with Crippen LogP contribution < -0.4 is 9.64 Å². The lowest BCUT2D eigenvalue weighted by Gasteiger charge is -2.26. The number of nitrogens with zero attached hydrogens (tertiary/aromatic N) is 2. The molecule has 5 nitrogen and oxygen atoms in total. The van der Waals surface area contributed by atoms with E-state index in [4.69, 9.17) is 4.74 Å². The van der Waals surface area contributed by atoms with Gasteiger partial charge in [0, 0.05) is 12.1 Å². The predicted molar refractivity (Wildman–Crippen MR) is 85.2 cm³/mol. The monoisotopic (exact) mass is 299 g/mol. The van der Waals surface area contributed by atoms with Crippen LogP contribution in [0.2, 0.25) is 0 Å². The number of H-pyrrole nitrogens is 1. The molecule has 2 aromatic rings. The van der Waals surface area contributed by atoms with Crippen LogP contribution in [-0.2, 0) is 17.6 Å². The van der Waals surface area contributed by atoms with Crippen molar-refractivity contribution in [3.05, 3.63) is 41.7 Å². The molecule has 1 aromatic carbocycles. The van der Waals surface area contributed by atoms with Gasteiger partial charge in [0.15, 0.2) is 0 Å². The Kier molecular flexibility index (Phi) is 4.13. The molecule has 1 aliphatic heterocycles. The molecule has 0 spiro atoms. The molecule has 0 aliphatic carbocycles. The lowest BCUT2D eigenvalue weighted by atomic mass is 10.1. The molecule has 5 heteroatoms. The Morgan fingerprint density at radius 2 is 2.23 bits per heavy atom. The van der Waals surface area contributed by atoms with Crippen molar-refractivity contribution < 1.29 is 9.53 Å². The van der Waals surface area contributed by atoms with E-state index in [1.807, 2.05) is 43.0 Å². The Hall–Kier alpha value is -2.30. The molecule has 1 aliphatic rings. The summed E-state index contributed by atoms with van der Waals surface area (Å²) in [6.45, 7) is 4.72. The number of nitrogens with one attached hydrogen (secondary N) is 1. The standard InChI is InChI=1S/C17H21N3O2/c1-12(2)22-16-8-4-3-6-13(16)10-17(21)20-9-5-7-14-15(20)11-18-19-14/h3-4,6,8,11-12H,5,7,9-10H2,1-2H3,(H,18,19). The summed E-state index contributed by atoms with van der Waals surface area (Å²) in [5.41, 5.74) is 2.89. The van der Waals surface area contributed by atoms with Crippen molar-refractivity contribution in [2.24, 2.45) is 0 Å². The van der Waals surface area contributed by atoms with Gasteiger partial charge in [-0.3, -0.25) is 9.89 Å². The van der Waals surface area contributed by atoms with Crippen molar-refractivity contribution in [1.29, 1.82) is 0 Å². The number of carbonyl (C=O) groups is 1. The first-order valence-corrected chi connectivity index (χ1v) is 7.72. The molecule has 0 radical (unpaired) electrons. The van der Waals surface area contributed by atoms with E-state index in [-0.39, 0.29) is 12.0 Å². The zero-order chi connectivity index (χ0) is 15.5. The number of amides is 1. The van der Waals surface area contributed by atoms with E-state index in [1.165, 1.54) is 0 Å². The summed E-state index contributed by atoms with van der Waals surface area (Å²) in [6, 6.07) is 7.74. The van der Waals surface area contributed by atoms with Gasteiger partial charge in [-0.1, -0.05) is 18.2 Å². The molecule has 0 saturated carbocycles. The molecule has 0 fully saturated rings. The molecule has 116 valence electrons. The molecule has 2 heterocycles. The maximum atomic E-state index is 12.7. The van der Waals surface area contributed by atoms with Gasteiger partial charge in [-0.25, -0.2) is 0 Å². The number of hydrogen-bond donors (Lipinski definition) is 1. The van der Waals surface area contributed by atoms with Gasteiger partial charge in [-0.05, 0) is 32.8 Å². The number of carbonyl (C=O) groups excluding carboxylic acids is 1. The summed E-state index contributed by atoms with van der Waals surface area (Å²) in [4.78, 5) is 14.5. The van der Waals surface area contributed by atoms with Crippen molar-refractivity contribution in [3.63, 3.8) is 0 Å². The quantitative estimate of drug-likeness (QED) is 0.944. The van der Waals surface area contributed by atoms with Crippen molar-refractivity contribution in [3.8, 4) is 5.75 Å². The molecular formula is C17H21N3O2. The van der Waals surface area contributed by atoms with Crippen LogP contribution in [0, 0.1) is 0 Å². The number of fused-ring (bicyclic) bond motifs is 1.